The van der Waals surface area contributed by atoms with E-state index in [-0.39, 0.29) is 0 Å². The number of allylic oxidation sites excluding steroid dienone is 1. The van der Waals surface area contributed by atoms with Crippen LogP contribution in [0.2, 0.25) is 0 Å². The van der Waals surface area contributed by atoms with E-state index in [9.17, 15) is 0 Å². The van der Waals surface area contributed by atoms with Crippen molar-refractivity contribution >= 4 is 16.6 Å². The summed E-state index contributed by atoms with van der Waals surface area (Å²) < 4.78 is 0. The fourth-order valence-corrected chi connectivity index (χ4v) is 1.94. The van der Waals surface area contributed by atoms with Crippen LogP contribution in [0, 0.1) is 11.3 Å². The molecule has 2 rings (SSSR count). The molecule has 1 heteroatoms. The molecule has 1 atom stereocenters. The molecule has 0 bridgehead atoms. The molecule has 1 aliphatic carbocycles. The quantitative estimate of drug-likeness (QED) is 0.677. The molecular weight excluding hydrogens is 192 g/mol. The predicted octanol–water partition coefficient (Wildman–Crippen LogP) is 4.31. The predicted molar refractivity (Wildman–Crippen MR) is 62.2 cm³/mol. The first-order chi connectivity index (χ1) is 6.59. The molecule has 74 valence electrons. The van der Waals surface area contributed by atoms with Gasteiger partial charge in [-0.2, -0.15) is 0 Å². The number of hydrogen-bond acceptors (Lipinski definition) is 0. The maximum atomic E-state index is 6.23. The van der Waals surface area contributed by atoms with E-state index in [4.69, 9.17) is 11.6 Å². The Hall–Kier alpha value is -0.750. The van der Waals surface area contributed by atoms with Gasteiger partial charge >= 0.3 is 0 Å². The molecule has 1 aliphatic rings. The summed E-state index contributed by atoms with van der Waals surface area (Å²) in [4.78, 5) is 0. The van der Waals surface area contributed by atoms with Crippen LogP contribution in [0.4, 0.5) is 0 Å². The topological polar surface area (TPSA) is 0 Å². The van der Waals surface area contributed by atoms with Gasteiger partial charge < -0.3 is 0 Å². The van der Waals surface area contributed by atoms with Crippen LogP contribution < -0.4 is 0 Å². The molecule has 14 heavy (non-hydrogen) atoms. The first-order valence-corrected chi connectivity index (χ1v) is 5.40. The number of rotatable bonds is 2. The van der Waals surface area contributed by atoms with Gasteiger partial charge in [0.2, 0.25) is 0 Å². The van der Waals surface area contributed by atoms with Crippen molar-refractivity contribution in [1.29, 1.82) is 0 Å². The van der Waals surface area contributed by atoms with E-state index in [1.165, 1.54) is 6.42 Å². The zero-order chi connectivity index (χ0) is 10.2. The van der Waals surface area contributed by atoms with Crippen LogP contribution in [-0.2, 0) is 0 Å². The van der Waals surface area contributed by atoms with E-state index >= 15 is 0 Å². The van der Waals surface area contributed by atoms with Crippen molar-refractivity contribution in [2.45, 2.75) is 20.3 Å². The Morgan fingerprint density at radius 2 is 1.93 bits per heavy atom. The highest BCUT2D eigenvalue weighted by molar-refractivity contribution is 6.48. The van der Waals surface area contributed by atoms with Gasteiger partial charge in [0.1, 0.15) is 0 Å². The van der Waals surface area contributed by atoms with Crippen LogP contribution in [0.25, 0.3) is 5.03 Å². The van der Waals surface area contributed by atoms with E-state index < -0.39 is 0 Å². The second-order valence-corrected chi connectivity index (χ2v) is 5.09. The first kappa shape index (κ1) is 9.79. The second-order valence-electron chi connectivity index (χ2n) is 4.68. The fraction of sp³-hybridized carbons (Fsp3) is 0.385. The molecule has 1 fully saturated rings. The summed E-state index contributed by atoms with van der Waals surface area (Å²) in [5.41, 5.74) is 1.59. The van der Waals surface area contributed by atoms with E-state index in [1.54, 1.807) is 0 Å². The van der Waals surface area contributed by atoms with Crippen molar-refractivity contribution < 1.29 is 0 Å². The van der Waals surface area contributed by atoms with Gasteiger partial charge in [-0.3, -0.25) is 0 Å². The highest BCUT2D eigenvalue weighted by Crippen LogP contribution is 2.53. The molecular formula is C13H15Cl. The van der Waals surface area contributed by atoms with Crippen molar-refractivity contribution in [3.05, 3.63) is 42.0 Å². The van der Waals surface area contributed by atoms with Gasteiger partial charge in [0.05, 0.1) is 0 Å². The Balaban J connectivity index is 2.14. The molecule has 0 aliphatic heterocycles. The summed E-state index contributed by atoms with van der Waals surface area (Å²) in [5.74, 6) is 0.662. The second kappa shape index (κ2) is 3.43. The van der Waals surface area contributed by atoms with Crippen LogP contribution in [-0.4, -0.2) is 0 Å². The summed E-state index contributed by atoms with van der Waals surface area (Å²) in [6.07, 6.45) is 3.45. The Kier molecular flexibility index (Phi) is 2.40. The molecule has 0 aromatic heterocycles. The molecule has 0 spiro atoms. The largest absolute Gasteiger partial charge is 0.0840 e. The zero-order valence-electron chi connectivity index (χ0n) is 8.63. The zero-order valence-corrected chi connectivity index (χ0v) is 9.38. The molecule has 1 aromatic carbocycles. The van der Waals surface area contributed by atoms with E-state index in [0.717, 1.165) is 10.6 Å². The molecule has 0 amide bonds. The van der Waals surface area contributed by atoms with E-state index in [0.29, 0.717) is 11.3 Å². The summed E-state index contributed by atoms with van der Waals surface area (Å²) in [6, 6.07) is 10.1. The lowest BCUT2D eigenvalue weighted by Crippen LogP contribution is -1.87. The molecule has 0 nitrogen and oxygen atoms in total. The summed E-state index contributed by atoms with van der Waals surface area (Å²) in [6.45, 7) is 4.56. The third-order valence-corrected chi connectivity index (χ3v) is 3.33. The van der Waals surface area contributed by atoms with Gasteiger partial charge in [-0.15, -0.1) is 0 Å². The highest BCUT2D eigenvalue weighted by Gasteiger charge is 2.43. The van der Waals surface area contributed by atoms with E-state index in [1.807, 2.05) is 30.3 Å². The first-order valence-electron chi connectivity index (χ1n) is 5.02. The maximum Gasteiger partial charge on any atom is 0.0441 e. The molecule has 1 unspecified atom stereocenters. The van der Waals surface area contributed by atoms with Crippen LogP contribution in [0.3, 0.4) is 0 Å². The fourth-order valence-electron chi connectivity index (χ4n) is 1.66. The van der Waals surface area contributed by atoms with Crippen LogP contribution in [0.5, 0.6) is 0 Å². The normalized spacial score (nSPS) is 24.8. The third-order valence-electron chi connectivity index (χ3n) is 2.99. The van der Waals surface area contributed by atoms with Gasteiger partial charge in [0, 0.05) is 5.03 Å². The Labute approximate surface area is 90.6 Å². The summed E-state index contributed by atoms with van der Waals surface area (Å²) >= 11 is 6.23. The van der Waals surface area contributed by atoms with Crippen LogP contribution in [0.15, 0.2) is 36.4 Å². The lowest BCUT2D eigenvalue weighted by atomic mass is 10.1. The highest BCUT2D eigenvalue weighted by atomic mass is 35.5. The lowest BCUT2D eigenvalue weighted by molar-refractivity contribution is 0.611. The van der Waals surface area contributed by atoms with Crippen LogP contribution >= 0.6 is 11.6 Å². The molecule has 0 radical (unpaired) electrons. The lowest BCUT2D eigenvalue weighted by Gasteiger charge is -2.00. The van der Waals surface area contributed by atoms with Crippen molar-refractivity contribution in [3.8, 4) is 0 Å². The molecule has 1 saturated carbocycles. The Morgan fingerprint density at radius 1 is 1.36 bits per heavy atom. The molecule has 0 saturated heterocycles. The van der Waals surface area contributed by atoms with Gasteiger partial charge in [0.15, 0.2) is 0 Å². The SMILES string of the molecule is CC1(C)CC1/C=C(\Cl)c1ccccc1. The van der Waals surface area contributed by atoms with Gasteiger partial charge in [-0.25, -0.2) is 0 Å². The van der Waals surface area contributed by atoms with Gasteiger partial charge in [0.25, 0.3) is 0 Å². The van der Waals surface area contributed by atoms with Crippen LogP contribution in [0.1, 0.15) is 25.8 Å². The van der Waals surface area contributed by atoms with Gasteiger partial charge in [-0.05, 0) is 23.3 Å². The number of benzene rings is 1. The molecule has 0 N–H and O–H groups in total. The van der Waals surface area contributed by atoms with Gasteiger partial charge in [-0.1, -0.05) is 61.9 Å². The Bertz CT molecular complexity index is 349. The molecule has 0 heterocycles. The standard InChI is InChI=1S/C13H15Cl/c1-13(2)9-11(13)8-12(14)10-6-4-3-5-7-10/h3-8,11H,9H2,1-2H3/b12-8-. The summed E-state index contributed by atoms with van der Waals surface area (Å²) in [5, 5.41) is 0.890. The van der Waals surface area contributed by atoms with Crippen molar-refractivity contribution in [2.75, 3.05) is 0 Å². The monoisotopic (exact) mass is 206 g/mol. The third kappa shape index (κ3) is 2.01. The van der Waals surface area contributed by atoms with Crippen molar-refractivity contribution in [3.63, 3.8) is 0 Å². The minimum atomic E-state index is 0.467. The summed E-state index contributed by atoms with van der Waals surface area (Å²) in [7, 11) is 0. The van der Waals surface area contributed by atoms with Crippen molar-refractivity contribution in [2.24, 2.45) is 11.3 Å². The average molecular weight is 207 g/mol. The Morgan fingerprint density at radius 3 is 2.43 bits per heavy atom. The minimum Gasteiger partial charge on any atom is -0.0840 e. The minimum absolute atomic E-state index is 0.467. The maximum absolute atomic E-state index is 6.23. The number of hydrogen-bond donors (Lipinski definition) is 0. The smallest absolute Gasteiger partial charge is 0.0441 e. The number of halogens is 1. The molecule has 1 aromatic rings. The average Bonchev–Trinajstić information content (AvgIpc) is 2.75. The van der Waals surface area contributed by atoms with Crippen molar-refractivity contribution in [1.82, 2.24) is 0 Å². The van der Waals surface area contributed by atoms with E-state index in [2.05, 4.69) is 19.9 Å².